The van der Waals surface area contributed by atoms with E-state index in [-0.39, 0.29) is 17.2 Å². The number of anilines is 1. The van der Waals surface area contributed by atoms with Crippen molar-refractivity contribution in [3.63, 3.8) is 0 Å². The minimum Gasteiger partial charge on any atom is -0.359 e. The molecule has 1 aromatic heterocycles. The van der Waals surface area contributed by atoms with E-state index in [2.05, 4.69) is 10.5 Å². The summed E-state index contributed by atoms with van der Waals surface area (Å²) in [6, 6.07) is 4.96. The number of Topliss-reactive ketones (excluding diaryl/α,β-unsaturated/α-hetero) is 1. The van der Waals surface area contributed by atoms with Gasteiger partial charge >= 0.3 is 0 Å². The minimum absolute atomic E-state index is 0.0644. The molecule has 0 saturated carbocycles. The third kappa shape index (κ3) is 3.85. The predicted octanol–water partition coefficient (Wildman–Crippen LogP) is 2.68. The highest BCUT2D eigenvalue weighted by molar-refractivity contribution is 7.89. The lowest BCUT2D eigenvalue weighted by Gasteiger charge is -2.33. The first-order valence-corrected chi connectivity index (χ1v) is 10.5. The zero-order chi connectivity index (χ0) is 20.5. The zero-order valence-corrected chi connectivity index (χ0v) is 16.9. The molecule has 0 bridgehead atoms. The van der Waals surface area contributed by atoms with Gasteiger partial charge in [0.2, 0.25) is 15.9 Å². The van der Waals surface area contributed by atoms with E-state index in [1.807, 2.05) is 0 Å². The number of ketones is 1. The van der Waals surface area contributed by atoms with Crippen LogP contribution in [0.5, 0.6) is 0 Å². The van der Waals surface area contributed by atoms with Gasteiger partial charge in [-0.15, -0.1) is 0 Å². The molecule has 1 amide bonds. The van der Waals surface area contributed by atoms with Crippen molar-refractivity contribution in [1.82, 2.24) is 9.46 Å². The van der Waals surface area contributed by atoms with Crippen molar-refractivity contribution < 1.29 is 22.5 Å². The molecule has 2 heterocycles. The summed E-state index contributed by atoms with van der Waals surface area (Å²) >= 11 is 0. The number of aryl methyl sites for hydroxylation is 2. The zero-order valence-electron chi connectivity index (χ0n) is 16.1. The first-order valence-electron chi connectivity index (χ1n) is 9.08. The molecular weight excluding hydrogens is 382 g/mol. The lowest BCUT2D eigenvalue weighted by Crippen LogP contribution is -2.49. The van der Waals surface area contributed by atoms with E-state index >= 15 is 0 Å². The maximum absolute atomic E-state index is 13.1. The number of rotatable bonds is 5. The van der Waals surface area contributed by atoms with Crippen molar-refractivity contribution in [2.24, 2.45) is 0 Å². The van der Waals surface area contributed by atoms with E-state index in [4.69, 9.17) is 4.52 Å². The van der Waals surface area contributed by atoms with Crippen LogP contribution in [0.2, 0.25) is 0 Å². The van der Waals surface area contributed by atoms with E-state index in [0.29, 0.717) is 35.5 Å². The number of sulfonamides is 1. The lowest BCUT2D eigenvalue weighted by molar-refractivity contribution is -0.120. The third-order valence-corrected chi connectivity index (χ3v) is 6.83. The van der Waals surface area contributed by atoms with Crippen LogP contribution in [0.1, 0.15) is 48.0 Å². The van der Waals surface area contributed by atoms with Gasteiger partial charge in [0.25, 0.3) is 0 Å². The molecule has 3 rings (SSSR count). The lowest BCUT2D eigenvalue weighted by atomic mass is 10.0. The summed E-state index contributed by atoms with van der Waals surface area (Å²) in [6.45, 7) is 5.07. The van der Waals surface area contributed by atoms with Crippen LogP contribution >= 0.6 is 0 Å². The SMILES string of the molecule is CC(=O)c1ccc(S(=O)(=O)N2CCCCC2C(=O)Nc2c(C)noc2C)cc1. The molecule has 0 spiro atoms. The molecule has 8 nitrogen and oxygen atoms in total. The Morgan fingerprint density at radius 2 is 1.86 bits per heavy atom. The maximum atomic E-state index is 13.1. The monoisotopic (exact) mass is 405 g/mol. The van der Waals surface area contributed by atoms with Crippen molar-refractivity contribution >= 4 is 27.4 Å². The number of piperidine rings is 1. The second-order valence-corrected chi connectivity index (χ2v) is 8.79. The van der Waals surface area contributed by atoms with Crippen molar-refractivity contribution in [3.8, 4) is 0 Å². The first kappa shape index (κ1) is 20.2. The largest absolute Gasteiger partial charge is 0.359 e. The molecule has 1 unspecified atom stereocenters. The normalized spacial score (nSPS) is 18.0. The van der Waals surface area contributed by atoms with E-state index in [0.717, 1.165) is 6.42 Å². The molecule has 0 radical (unpaired) electrons. The van der Waals surface area contributed by atoms with Crippen LogP contribution in [0.25, 0.3) is 0 Å². The number of nitrogens with zero attached hydrogens (tertiary/aromatic N) is 2. The van der Waals surface area contributed by atoms with Gasteiger partial charge in [-0.3, -0.25) is 9.59 Å². The van der Waals surface area contributed by atoms with Gasteiger partial charge in [-0.1, -0.05) is 23.7 Å². The summed E-state index contributed by atoms with van der Waals surface area (Å²) in [6.07, 6.45) is 1.87. The van der Waals surface area contributed by atoms with Crippen molar-refractivity contribution in [2.45, 2.75) is 51.0 Å². The number of hydrogen-bond acceptors (Lipinski definition) is 6. The Hall–Kier alpha value is -2.52. The Morgan fingerprint density at radius 3 is 2.43 bits per heavy atom. The van der Waals surface area contributed by atoms with E-state index in [9.17, 15) is 18.0 Å². The van der Waals surface area contributed by atoms with E-state index in [1.54, 1.807) is 13.8 Å². The molecule has 9 heteroatoms. The third-order valence-electron chi connectivity index (χ3n) is 4.91. The van der Waals surface area contributed by atoms with Gasteiger partial charge in [0.1, 0.15) is 17.4 Å². The molecule has 1 aliphatic heterocycles. The Labute approximate surface area is 163 Å². The number of nitrogens with one attached hydrogen (secondary N) is 1. The maximum Gasteiger partial charge on any atom is 0.243 e. The average molecular weight is 405 g/mol. The minimum atomic E-state index is -3.88. The van der Waals surface area contributed by atoms with Gasteiger partial charge in [-0.25, -0.2) is 8.42 Å². The van der Waals surface area contributed by atoms with Gasteiger partial charge in [0.05, 0.1) is 4.90 Å². The quantitative estimate of drug-likeness (QED) is 0.766. The molecule has 1 fully saturated rings. The summed E-state index contributed by atoms with van der Waals surface area (Å²) < 4.78 is 32.6. The van der Waals surface area contributed by atoms with E-state index < -0.39 is 22.0 Å². The molecule has 2 aromatic rings. The highest BCUT2D eigenvalue weighted by Gasteiger charge is 2.38. The standard InChI is InChI=1S/C19H23N3O5S/c1-12-18(14(3)27-21-12)20-19(24)17-6-4-5-11-22(17)28(25,26)16-9-7-15(8-10-16)13(2)23/h7-10,17H,4-6,11H2,1-3H3,(H,20,24). The molecule has 0 aliphatic carbocycles. The van der Waals surface area contributed by atoms with Crippen LogP contribution in [-0.2, 0) is 14.8 Å². The molecule has 150 valence electrons. The van der Waals surface area contributed by atoms with Gasteiger partial charge in [-0.05, 0) is 45.7 Å². The molecule has 1 N–H and O–H groups in total. The van der Waals surface area contributed by atoms with Crippen LogP contribution < -0.4 is 5.32 Å². The van der Waals surface area contributed by atoms with Crippen LogP contribution in [0.15, 0.2) is 33.7 Å². The number of hydrogen-bond donors (Lipinski definition) is 1. The molecule has 1 saturated heterocycles. The van der Waals surface area contributed by atoms with Crippen LogP contribution in [-0.4, -0.2) is 42.2 Å². The summed E-state index contributed by atoms with van der Waals surface area (Å²) in [5, 5.41) is 6.56. The van der Waals surface area contributed by atoms with Gasteiger partial charge < -0.3 is 9.84 Å². The molecule has 1 aromatic carbocycles. The number of benzene rings is 1. The fraction of sp³-hybridized carbons (Fsp3) is 0.421. The van der Waals surface area contributed by atoms with Crippen molar-refractivity contribution in [1.29, 1.82) is 0 Å². The molecular formula is C19H23N3O5S. The summed E-state index contributed by atoms with van der Waals surface area (Å²) in [7, 11) is -3.88. The molecule has 28 heavy (non-hydrogen) atoms. The number of aromatic nitrogens is 1. The van der Waals surface area contributed by atoms with Gasteiger partial charge in [0, 0.05) is 12.1 Å². The Morgan fingerprint density at radius 1 is 1.18 bits per heavy atom. The second-order valence-electron chi connectivity index (χ2n) is 6.90. The number of carbonyl (C=O) groups excluding carboxylic acids is 2. The Bertz CT molecular complexity index is 976. The van der Waals surface area contributed by atoms with Crippen molar-refractivity contribution in [3.05, 3.63) is 41.3 Å². The summed E-state index contributed by atoms with van der Waals surface area (Å²) in [5.74, 6) is -0.0763. The fourth-order valence-electron chi connectivity index (χ4n) is 3.32. The highest BCUT2D eigenvalue weighted by Crippen LogP contribution is 2.27. The smallest absolute Gasteiger partial charge is 0.243 e. The second kappa shape index (κ2) is 7.84. The molecule has 1 atom stereocenters. The summed E-state index contributed by atoms with van der Waals surface area (Å²) in [4.78, 5) is 24.4. The van der Waals surface area contributed by atoms with Gasteiger partial charge in [-0.2, -0.15) is 4.31 Å². The molecule has 1 aliphatic rings. The predicted molar refractivity (Wildman–Crippen MR) is 103 cm³/mol. The van der Waals surface area contributed by atoms with E-state index in [1.165, 1.54) is 35.5 Å². The first-order chi connectivity index (χ1) is 13.2. The Balaban J connectivity index is 1.87. The van der Waals surface area contributed by atoms with Crippen LogP contribution in [0, 0.1) is 13.8 Å². The summed E-state index contributed by atoms with van der Waals surface area (Å²) in [5.41, 5.74) is 1.44. The number of amides is 1. The van der Waals surface area contributed by atoms with Crippen LogP contribution in [0.4, 0.5) is 5.69 Å². The highest BCUT2D eigenvalue weighted by atomic mass is 32.2. The van der Waals surface area contributed by atoms with Crippen LogP contribution in [0.3, 0.4) is 0 Å². The average Bonchev–Trinajstić information content (AvgIpc) is 3.00. The van der Waals surface area contributed by atoms with Gasteiger partial charge in [0.15, 0.2) is 11.5 Å². The Kier molecular flexibility index (Phi) is 5.66. The topological polar surface area (TPSA) is 110 Å². The number of carbonyl (C=O) groups is 2. The van der Waals surface area contributed by atoms with Crippen molar-refractivity contribution in [2.75, 3.05) is 11.9 Å². The fourth-order valence-corrected chi connectivity index (χ4v) is 4.98.